The minimum Gasteiger partial charge on any atom is -0.484 e. The van der Waals surface area contributed by atoms with Crippen LogP contribution < -0.4 is 15.6 Å². The lowest BCUT2D eigenvalue weighted by Crippen LogP contribution is -2.43. The molecule has 1 aromatic rings. The van der Waals surface area contributed by atoms with E-state index < -0.39 is 17.8 Å². The molecule has 0 saturated carbocycles. The minimum atomic E-state index is -0.656. The van der Waals surface area contributed by atoms with Gasteiger partial charge in [0.25, 0.3) is 11.8 Å². The van der Waals surface area contributed by atoms with Crippen LogP contribution in [0.4, 0.5) is 0 Å². The Morgan fingerprint density at radius 2 is 1.77 bits per heavy atom. The van der Waals surface area contributed by atoms with Gasteiger partial charge in [0.1, 0.15) is 5.75 Å². The van der Waals surface area contributed by atoms with Crippen molar-refractivity contribution in [2.24, 2.45) is 0 Å². The highest BCUT2D eigenvalue weighted by atomic mass is 16.5. The van der Waals surface area contributed by atoms with Crippen LogP contribution in [0.1, 0.15) is 12.5 Å². The number of carbonyl (C=O) groups is 3. The molecule has 0 heterocycles. The zero-order valence-electron chi connectivity index (χ0n) is 12.4. The molecule has 118 valence electrons. The first-order chi connectivity index (χ1) is 10.5. The Kier molecular flexibility index (Phi) is 7.18. The van der Waals surface area contributed by atoms with Gasteiger partial charge in [0.2, 0.25) is 0 Å². The van der Waals surface area contributed by atoms with E-state index in [1.807, 2.05) is 19.1 Å². The molecule has 0 saturated heterocycles. The van der Waals surface area contributed by atoms with Crippen molar-refractivity contribution in [1.29, 1.82) is 0 Å². The number of hydrogen-bond acceptors (Lipinski definition) is 5. The molecule has 7 heteroatoms. The second-order valence-electron chi connectivity index (χ2n) is 4.22. The summed E-state index contributed by atoms with van der Waals surface area (Å²) >= 11 is 0. The fourth-order valence-electron chi connectivity index (χ4n) is 1.33. The van der Waals surface area contributed by atoms with Gasteiger partial charge in [0.05, 0.1) is 6.61 Å². The average molecular weight is 306 g/mol. The molecule has 2 amide bonds. The highest BCUT2D eigenvalue weighted by Gasteiger charge is 2.04. The van der Waals surface area contributed by atoms with Gasteiger partial charge in [-0.15, -0.1) is 0 Å². The molecule has 0 atom stereocenters. The van der Waals surface area contributed by atoms with Crippen molar-refractivity contribution in [3.05, 3.63) is 42.0 Å². The van der Waals surface area contributed by atoms with Crippen molar-refractivity contribution in [3.8, 4) is 5.75 Å². The molecule has 1 aromatic carbocycles. The van der Waals surface area contributed by atoms with Crippen LogP contribution in [0.2, 0.25) is 0 Å². The summed E-state index contributed by atoms with van der Waals surface area (Å²) < 4.78 is 9.83. The van der Waals surface area contributed by atoms with Crippen LogP contribution in [-0.4, -0.2) is 31.0 Å². The Bertz CT molecular complexity index is 552. The van der Waals surface area contributed by atoms with Crippen molar-refractivity contribution >= 4 is 17.8 Å². The van der Waals surface area contributed by atoms with Crippen molar-refractivity contribution in [2.45, 2.75) is 13.8 Å². The second kappa shape index (κ2) is 9.17. The molecule has 0 aliphatic rings. The third-order valence-corrected chi connectivity index (χ3v) is 2.37. The predicted molar refractivity (Wildman–Crippen MR) is 78.7 cm³/mol. The molecule has 22 heavy (non-hydrogen) atoms. The molecule has 0 aliphatic heterocycles. The lowest BCUT2D eigenvalue weighted by molar-refractivity contribution is -0.137. The van der Waals surface area contributed by atoms with Crippen LogP contribution in [0, 0.1) is 6.92 Å². The third-order valence-electron chi connectivity index (χ3n) is 2.37. The number of hydrazine groups is 1. The highest BCUT2D eigenvalue weighted by molar-refractivity contribution is 5.95. The van der Waals surface area contributed by atoms with Crippen LogP contribution in [0.25, 0.3) is 0 Å². The van der Waals surface area contributed by atoms with E-state index in [-0.39, 0.29) is 13.2 Å². The Morgan fingerprint density at radius 3 is 2.41 bits per heavy atom. The first kappa shape index (κ1) is 17.2. The Balaban J connectivity index is 2.26. The molecule has 0 fully saturated rings. The zero-order chi connectivity index (χ0) is 16.4. The van der Waals surface area contributed by atoms with Crippen LogP contribution in [-0.2, 0) is 19.1 Å². The minimum absolute atomic E-state index is 0.220. The van der Waals surface area contributed by atoms with Crippen molar-refractivity contribution in [3.63, 3.8) is 0 Å². The van der Waals surface area contributed by atoms with Gasteiger partial charge in [-0.05, 0) is 26.0 Å². The third kappa shape index (κ3) is 7.09. The van der Waals surface area contributed by atoms with E-state index in [1.165, 1.54) is 0 Å². The monoisotopic (exact) mass is 306 g/mol. The van der Waals surface area contributed by atoms with Gasteiger partial charge < -0.3 is 9.47 Å². The molecule has 0 spiro atoms. The van der Waals surface area contributed by atoms with Gasteiger partial charge in [-0.3, -0.25) is 20.4 Å². The topological polar surface area (TPSA) is 93.7 Å². The Morgan fingerprint density at radius 1 is 1.09 bits per heavy atom. The summed E-state index contributed by atoms with van der Waals surface area (Å²) in [6, 6.07) is 7.19. The summed E-state index contributed by atoms with van der Waals surface area (Å²) in [5, 5.41) is 0. The van der Waals surface area contributed by atoms with Crippen LogP contribution in [0.15, 0.2) is 36.4 Å². The standard InChI is InChI=1S/C15H18N2O5/c1-3-21-15(20)9-8-13(18)16-17-14(19)10-22-12-6-4-11(2)5-7-12/h4-9H,3,10H2,1-2H3,(H,16,18)(H,17,19). The molecular weight excluding hydrogens is 288 g/mol. The van der Waals surface area contributed by atoms with E-state index >= 15 is 0 Å². The summed E-state index contributed by atoms with van der Waals surface area (Å²) in [6.07, 6.45) is 1.92. The van der Waals surface area contributed by atoms with Gasteiger partial charge >= 0.3 is 5.97 Å². The molecular formula is C15H18N2O5. The van der Waals surface area contributed by atoms with Gasteiger partial charge in [0.15, 0.2) is 6.61 Å². The molecule has 0 radical (unpaired) electrons. The molecule has 7 nitrogen and oxygen atoms in total. The lowest BCUT2D eigenvalue weighted by atomic mass is 10.2. The Labute approximate surface area is 128 Å². The second-order valence-corrected chi connectivity index (χ2v) is 4.22. The fraction of sp³-hybridized carbons (Fsp3) is 0.267. The van der Waals surface area contributed by atoms with E-state index in [0.29, 0.717) is 5.75 Å². The molecule has 0 aliphatic carbocycles. The quantitative estimate of drug-likeness (QED) is 0.457. The zero-order valence-corrected chi connectivity index (χ0v) is 12.4. The lowest BCUT2D eigenvalue weighted by Gasteiger charge is -2.07. The van der Waals surface area contributed by atoms with Crippen LogP contribution in [0.3, 0.4) is 0 Å². The number of hydrogen-bond donors (Lipinski definition) is 2. The van der Waals surface area contributed by atoms with E-state index in [0.717, 1.165) is 17.7 Å². The number of nitrogens with one attached hydrogen (secondary N) is 2. The largest absolute Gasteiger partial charge is 0.484 e. The van der Waals surface area contributed by atoms with Crippen LogP contribution in [0.5, 0.6) is 5.75 Å². The molecule has 0 aromatic heterocycles. The summed E-state index contributed by atoms with van der Waals surface area (Å²) in [6.45, 7) is 3.57. The first-order valence-electron chi connectivity index (χ1n) is 6.64. The number of benzene rings is 1. The molecule has 2 N–H and O–H groups in total. The van der Waals surface area contributed by atoms with Crippen molar-refractivity contribution in [1.82, 2.24) is 10.9 Å². The van der Waals surface area contributed by atoms with E-state index in [1.54, 1.807) is 19.1 Å². The number of rotatable bonds is 6. The number of carbonyl (C=O) groups excluding carboxylic acids is 3. The maximum absolute atomic E-state index is 11.5. The van der Waals surface area contributed by atoms with Crippen molar-refractivity contribution in [2.75, 3.05) is 13.2 Å². The Hall–Kier alpha value is -2.83. The number of esters is 1. The van der Waals surface area contributed by atoms with Gasteiger partial charge in [-0.25, -0.2) is 4.79 Å². The maximum Gasteiger partial charge on any atom is 0.330 e. The summed E-state index contributed by atoms with van der Waals surface area (Å²) in [4.78, 5) is 33.7. The molecule has 0 unspecified atom stereocenters. The first-order valence-corrected chi connectivity index (χ1v) is 6.64. The molecule has 0 bridgehead atoms. The van der Waals surface area contributed by atoms with Gasteiger partial charge in [0, 0.05) is 12.2 Å². The highest BCUT2D eigenvalue weighted by Crippen LogP contribution is 2.10. The average Bonchev–Trinajstić information content (AvgIpc) is 2.50. The SMILES string of the molecule is CCOC(=O)C=CC(=O)NNC(=O)COc1ccc(C)cc1. The number of amides is 2. The van der Waals surface area contributed by atoms with Gasteiger partial charge in [-0.2, -0.15) is 0 Å². The van der Waals surface area contributed by atoms with Crippen LogP contribution >= 0.6 is 0 Å². The van der Waals surface area contributed by atoms with E-state index in [2.05, 4.69) is 15.6 Å². The molecule has 1 rings (SSSR count). The summed E-state index contributed by atoms with van der Waals surface area (Å²) in [7, 11) is 0. The van der Waals surface area contributed by atoms with E-state index in [9.17, 15) is 14.4 Å². The summed E-state index contributed by atoms with van der Waals surface area (Å²) in [5.41, 5.74) is 5.35. The van der Waals surface area contributed by atoms with Gasteiger partial charge in [-0.1, -0.05) is 17.7 Å². The number of aryl methyl sites for hydroxylation is 1. The normalized spacial score (nSPS) is 10.1. The smallest absolute Gasteiger partial charge is 0.330 e. The number of ether oxygens (including phenoxy) is 2. The summed E-state index contributed by atoms with van der Waals surface area (Å²) in [5.74, 6) is -1.27. The predicted octanol–water partition coefficient (Wildman–Crippen LogP) is 0.641. The fourth-order valence-corrected chi connectivity index (χ4v) is 1.33. The maximum atomic E-state index is 11.5. The van der Waals surface area contributed by atoms with Crippen molar-refractivity contribution < 1.29 is 23.9 Å². The van der Waals surface area contributed by atoms with E-state index in [4.69, 9.17) is 4.74 Å².